The third-order valence-electron chi connectivity index (χ3n) is 4.14. The minimum absolute atomic E-state index is 0.0834. The molecule has 0 aliphatic carbocycles. The number of esters is 2. The van der Waals surface area contributed by atoms with Gasteiger partial charge in [0.2, 0.25) is 6.29 Å². The zero-order chi connectivity index (χ0) is 15.7. The number of fused-ring (bicyclic) bond motifs is 1. The number of carbonyl (C=O) groups is 2. The molecule has 22 heavy (non-hydrogen) atoms. The number of hydrogen-bond donors (Lipinski definition) is 1. The van der Waals surface area contributed by atoms with E-state index in [0.717, 1.165) is 5.56 Å². The summed E-state index contributed by atoms with van der Waals surface area (Å²) in [5, 5.41) is 10.5. The lowest BCUT2D eigenvalue weighted by Gasteiger charge is -2.21. The highest BCUT2D eigenvalue weighted by atomic mass is 16.7. The average Bonchev–Trinajstić information content (AvgIpc) is 2.99. The molecular formula is C16H18O6. The first-order valence-electron chi connectivity index (χ1n) is 7.35. The lowest BCUT2D eigenvalue weighted by Crippen LogP contribution is -2.50. The summed E-state index contributed by atoms with van der Waals surface area (Å²) in [5.74, 6) is -2.68. The van der Waals surface area contributed by atoms with E-state index in [1.165, 1.54) is 0 Å². The Morgan fingerprint density at radius 1 is 1.41 bits per heavy atom. The van der Waals surface area contributed by atoms with Gasteiger partial charge in [0.1, 0.15) is 0 Å². The molecule has 6 heteroatoms. The van der Waals surface area contributed by atoms with E-state index >= 15 is 0 Å². The fourth-order valence-corrected chi connectivity index (χ4v) is 3.04. The third kappa shape index (κ3) is 2.38. The zero-order valence-electron chi connectivity index (χ0n) is 12.2. The van der Waals surface area contributed by atoms with Crippen molar-refractivity contribution in [1.29, 1.82) is 0 Å². The Balaban J connectivity index is 1.73. The summed E-state index contributed by atoms with van der Waals surface area (Å²) in [4.78, 5) is 23.8. The SMILES string of the molecule is CCOC(=O)[C@@]1(O)C(=O)OC2O[C@H](Cc3ccccc3)CC21. The third-order valence-corrected chi connectivity index (χ3v) is 4.14. The van der Waals surface area contributed by atoms with Crippen LogP contribution in [0.15, 0.2) is 30.3 Å². The molecule has 2 unspecified atom stereocenters. The number of benzene rings is 1. The molecule has 4 atom stereocenters. The Kier molecular flexibility index (Phi) is 3.88. The van der Waals surface area contributed by atoms with Crippen molar-refractivity contribution >= 4 is 11.9 Å². The molecule has 0 bridgehead atoms. The highest BCUT2D eigenvalue weighted by Gasteiger charge is 2.66. The summed E-state index contributed by atoms with van der Waals surface area (Å²) in [6.07, 6.45) is -0.118. The van der Waals surface area contributed by atoms with Gasteiger partial charge >= 0.3 is 11.9 Å². The van der Waals surface area contributed by atoms with Crippen molar-refractivity contribution in [3.05, 3.63) is 35.9 Å². The fraction of sp³-hybridized carbons (Fsp3) is 0.500. The van der Waals surface area contributed by atoms with Gasteiger partial charge in [-0.25, -0.2) is 9.59 Å². The van der Waals surface area contributed by atoms with Gasteiger partial charge in [0.15, 0.2) is 0 Å². The Labute approximate surface area is 128 Å². The van der Waals surface area contributed by atoms with Crippen LogP contribution < -0.4 is 0 Å². The first-order chi connectivity index (χ1) is 10.6. The van der Waals surface area contributed by atoms with Crippen LogP contribution in [0.4, 0.5) is 0 Å². The Morgan fingerprint density at radius 3 is 2.82 bits per heavy atom. The zero-order valence-corrected chi connectivity index (χ0v) is 12.2. The number of aliphatic hydroxyl groups is 1. The van der Waals surface area contributed by atoms with E-state index in [0.29, 0.717) is 12.8 Å². The molecule has 0 radical (unpaired) electrons. The topological polar surface area (TPSA) is 82.1 Å². The van der Waals surface area contributed by atoms with Crippen molar-refractivity contribution in [2.24, 2.45) is 5.92 Å². The second-order valence-electron chi connectivity index (χ2n) is 5.55. The predicted octanol–water partition coefficient (Wildman–Crippen LogP) is 0.811. The molecule has 0 spiro atoms. The van der Waals surface area contributed by atoms with Crippen LogP contribution in [0, 0.1) is 5.92 Å². The predicted molar refractivity (Wildman–Crippen MR) is 74.6 cm³/mol. The largest absolute Gasteiger partial charge is 0.463 e. The molecule has 1 aromatic rings. The smallest absolute Gasteiger partial charge is 0.352 e. The minimum Gasteiger partial charge on any atom is -0.463 e. The normalized spacial score (nSPS) is 33.4. The van der Waals surface area contributed by atoms with E-state index in [1.807, 2.05) is 30.3 Å². The van der Waals surface area contributed by atoms with Gasteiger partial charge in [0, 0.05) is 0 Å². The molecule has 118 valence electrons. The van der Waals surface area contributed by atoms with E-state index < -0.39 is 29.7 Å². The summed E-state index contributed by atoms with van der Waals surface area (Å²) in [6, 6.07) is 9.73. The molecule has 2 aliphatic rings. The monoisotopic (exact) mass is 306 g/mol. The van der Waals surface area contributed by atoms with Crippen LogP contribution in [0.2, 0.25) is 0 Å². The van der Waals surface area contributed by atoms with Gasteiger partial charge in [-0.2, -0.15) is 0 Å². The Morgan fingerprint density at radius 2 is 2.14 bits per heavy atom. The minimum atomic E-state index is -2.26. The quantitative estimate of drug-likeness (QED) is 0.655. The van der Waals surface area contributed by atoms with Gasteiger partial charge in [-0.15, -0.1) is 0 Å². The van der Waals surface area contributed by atoms with E-state index in [-0.39, 0.29) is 12.7 Å². The van der Waals surface area contributed by atoms with Gasteiger partial charge < -0.3 is 19.3 Å². The molecule has 6 nitrogen and oxygen atoms in total. The molecule has 0 saturated carbocycles. The summed E-state index contributed by atoms with van der Waals surface area (Å²) >= 11 is 0. The second-order valence-corrected chi connectivity index (χ2v) is 5.55. The molecule has 2 saturated heterocycles. The van der Waals surface area contributed by atoms with Gasteiger partial charge in [0.05, 0.1) is 18.6 Å². The summed E-state index contributed by atoms with van der Waals surface area (Å²) in [5.41, 5.74) is -1.18. The number of rotatable bonds is 4. The van der Waals surface area contributed by atoms with Crippen molar-refractivity contribution in [3.8, 4) is 0 Å². The molecule has 2 heterocycles. The van der Waals surface area contributed by atoms with Gasteiger partial charge in [-0.1, -0.05) is 30.3 Å². The van der Waals surface area contributed by atoms with Crippen LogP contribution in [0.5, 0.6) is 0 Å². The maximum absolute atomic E-state index is 12.0. The van der Waals surface area contributed by atoms with Gasteiger partial charge in [0.25, 0.3) is 5.60 Å². The first-order valence-corrected chi connectivity index (χ1v) is 7.35. The summed E-state index contributed by atoms with van der Waals surface area (Å²) < 4.78 is 15.5. The van der Waals surface area contributed by atoms with Crippen LogP contribution in [-0.2, 0) is 30.2 Å². The van der Waals surface area contributed by atoms with Crippen LogP contribution in [0.3, 0.4) is 0 Å². The average molecular weight is 306 g/mol. The first kappa shape index (κ1) is 15.0. The van der Waals surface area contributed by atoms with E-state index in [1.54, 1.807) is 6.92 Å². The molecule has 1 aromatic carbocycles. The Bertz CT molecular complexity index is 571. The highest BCUT2D eigenvalue weighted by molar-refractivity contribution is 6.05. The summed E-state index contributed by atoms with van der Waals surface area (Å²) in [7, 11) is 0. The van der Waals surface area contributed by atoms with Crippen LogP contribution in [0.1, 0.15) is 18.9 Å². The molecule has 3 rings (SSSR count). The van der Waals surface area contributed by atoms with Crippen molar-refractivity contribution in [2.45, 2.75) is 37.8 Å². The van der Waals surface area contributed by atoms with E-state index in [4.69, 9.17) is 14.2 Å². The van der Waals surface area contributed by atoms with Crippen LogP contribution in [-0.4, -0.2) is 41.6 Å². The maximum Gasteiger partial charge on any atom is 0.352 e. The van der Waals surface area contributed by atoms with Crippen molar-refractivity contribution < 1.29 is 28.9 Å². The molecule has 2 aliphatic heterocycles. The lowest BCUT2D eigenvalue weighted by molar-refractivity contribution is -0.180. The molecule has 0 aromatic heterocycles. The van der Waals surface area contributed by atoms with Crippen molar-refractivity contribution in [2.75, 3.05) is 6.61 Å². The number of carbonyl (C=O) groups excluding carboxylic acids is 2. The van der Waals surface area contributed by atoms with Crippen LogP contribution in [0.25, 0.3) is 0 Å². The maximum atomic E-state index is 12.0. The molecule has 1 N–H and O–H groups in total. The van der Waals surface area contributed by atoms with Crippen LogP contribution >= 0.6 is 0 Å². The van der Waals surface area contributed by atoms with Gasteiger partial charge in [-0.05, 0) is 25.3 Å². The van der Waals surface area contributed by atoms with Crippen molar-refractivity contribution in [3.63, 3.8) is 0 Å². The standard InChI is InChI=1S/C16H18O6/c1-2-20-14(17)16(19)12-9-11(21-13(12)22-15(16)18)8-10-6-4-3-5-7-10/h3-7,11-13,19H,2,8-9H2,1H3/t11-,12?,13?,16-/m1/s1. The van der Waals surface area contributed by atoms with E-state index in [9.17, 15) is 14.7 Å². The van der Waals surface area contributed by atoms with Gasteiger partial charge in [-0.3, -0.25) is 0 Å². The second kappa shape index (κ2) is 5.70. The van der Waals surface area contributed by atoms with Crippen molar-refractivity contribution in [1.82, 2.24) is 0 Å². The highest BCUT2D eigenvalue weighted by Crippen LogP contribution is 2.43. The Hall–Kier alpha value is -1.92. The molecule has 2 fully saturated rings. The number of ether oxygens (including phenoxy) is 3. The fourth-order valence-electron chi connectivity index (χ4n) is 3.04. The number of hydrogen-bond acceptors (Lipinski definition) is 6. The molecule has 0 amide bonds. The lowest BCUT2D eigenvalue weighted by atomic mass is 9.85. The van der Waals surface area contributed by atoms with E-state index in [2.05, 4.69) is 0 Å². The summed E-state index contributed by atoms with van der Waals surface area (Å²) in [6.45, 7) is 1.70. The molecular weight excluding hydrogens is 288 g/mol.